The molecule has 0 N–H and O–H groups in total. The van der Waals surface area contributed by atoms with Crippen molar-refractivity contribution in [3.05, 3.63) is 66.4 Å². The van der Waals surface area contributed by atoms with Gasteiger partial charge < -0.3 is 4.42 Å². The zero-order chi connectivity index (χ0) is 19.0. The van der Waals surface area contributed by atoms with E-state index in [0.29, 0.717) is 18.5 Å². The third-order valence-corrected chi connectivity index (χ3v) is 5.00. The summed E-state index contributed by atoms with van der Waals surface area (Å²) < 4.78 is 18.5. The molecule has 138 valence electrons. The Bertz CT molecular complexity index is 879. The largest absolute Gasteiger partial charge is 0.459 e. The van der Waals surface area contributed by atoms with Gasteiger partial charge in [-0.3, -0.25) is 24.2 Å². The lowest BCUT2D eigenvalue weighted by Crippen LogP contribution is -2.44. The Balaban J connectivity index is 1.65. The normalized spacial score (nSPS) is 21.4. The summed E-state index contributed by atoms with van der Waals surface area (Å²) in [4.78, 5) is 40.7. The molecule has 7 heteroatoms. The molecule has 6 nitrogen and oxygen atoms in total. The third-order valence-electron chi connectivity index (χ3n) is 5.00. The number of likely N-dealkylation sites (tertiary alicyclic amines) is 1. The number of nitrogens with zero attached hydrogens (tertiary/aromatic N) is 2. The van der Waals surface area contributed by atoms with Crippen LogP contribution in [0.25, 0.3) is 0 Å². The van der Waals surface area contributed by atoms with Crippen LogP contribution in [0.15, 0.2) is 59.2 Å². The highest BCUT2D eigenvalue weighted by Gasteiger charge is 2.48. The van der Waals surface area contributed by atoms with Crippen LogP contribution in [0.4, 0.5) is 10.1 Å². The minimum absolute atomic E-state index is 0.0671. The number of halogens is 1. The molecule has 0 bridgehead atoms. The van der Waals surface area contributed by atoms with E-state index in [2.05, 4.69) is 0 Å². The van der Waals surface area contributed by atoms with Crippen LogP contribution in [0.5, 0.6) is 0 Å². The summed E-state index contributed by atoms with van der Waals surface area (Å²) in [5.74, 6) is -2.22. The zero-order valence-electron chi connectivity index (χ0n) is 14.4. The van der Waals surface area contributed by atoms with E-state index in [0.717, 1.165) is 4.90 Å². The zero-order valence-corrected chi connectivity index (χ0v) is 14.4. The van der Waals surface area contributed by atoms with Crippen LogP contribution in [0.3, 0.4) is 0 Å². The number of furan rings is 1. The number of benzene rings is 1. The van der Waals surface area contributed by atoms with Gasteiger partial charge in [-0.1, -0.05) is 12.2 Å². The number of carbonyl (C=O) groups excluding carboxylic acids is 3. The van der Waals surface area contributed by atoms with Gasteiger partial charge in [0, 0.05) is 5.69 Å². The molecular weight excluding hydrogens is 351 g/mol. The van der Waals surface area contributed by atoms with Crippen LogP contribution in [0.1, 0.15) is 23.4 Å². The molecule has 4 rings (SSSR count). The number of allylic oxidation sites excluding steroid dienone is 2. The number of imide groups is 1. The van der Waals surface area contributed by atoms with Gasteiger partial charge in [0.15, 0.2) is 5.76 Å². The van der Waals surface area contributed by atoms with Gasteiger partial charge in [0.2, 0.25) is 11.8 Å². The van der Waals surface area contributed by atoms with Gasteiger partial charge in [-0.05, 0) is 49.2 Å². The van der Waals surface area contributed by atoms with E-state index >= 15 is 0 Å². The highest BCUT2D eigenvalue weighted by molar-refractivity contribution is 6.08. The van der Waals surface area contributed by atoms with Crippen molar-refractivity contribution in [3.8, 4) is 0 Å². The Morgan fingerprint density at radius 3 is 2.26 bits per heavy atom. The molecule has 0 radical (unpaired) electrons. The summed E-state index contributed by atoms with van der Waals surface area (Å²) >= 11 is 0. The second-order valence-electron chi connectivity index (χ2n) is 6.59. The van der Waals surface area contributed by atoms with Crippen LogP contribution < -0.4 is 4.90 Å². The first kappa shape index (κ1) is 17.2. The Morgan fingerprint density at radius 2 is 1.70 bits per heavy atom. The van der Waals surface area contributed by atoms with Crippen LogP contribution >= 0.6 is 0 Å². The van der Waals surface area contributed by atoms with Gasteiger partial charge >= 0.3 is 0 Å². The maximum Gasteiger partial charge on any atom is 0.295 e. The summed E-state index contributed by atoms with van der Waals surface area (Å²) in [6.07, 6.45) is 6.22. The first-order chi connectivity index (χ1) is 13.1. The molecule has 27 heavy (non-hydrogen) atoms. The molecule has 2 heterocycles. The predicted molar refractivity (Wildman–Crippen MR) is 94.0 cm³/mol. The van der Waals surface area contributed by atoms with Crippen molar-refractivity contribution in [1.82, 2.24) is 4.90 Å². The monoisotopic (exact) mass is 368 g/mol. The molecule has 2 aromatic rings. The Morgan fingerprint density at radius 1 is 1.07 bits per heavy atom. The highest BCUT2D eigenvalue weighted by atomic mass is 19.1. The lowest BCUT2D eigenvalue weighted by atomic mass is 9.85. The van der Waals surface area contributed by atoms with Gasteiger partial charge in [-0.25, -0.2) is 4.39 Å². The van der Waals surface area contributed by atoms with Crippen molar-refractivity contribution in [2.75, 3.05) is 11.6 Å². The third kappa shape index (κ3) is 3.05. The summed E-state index contributed by atoms with van der Waals surface area (Å²) in [6, 6.07) is 8.36. The van der Waals surface area contributed by atoms with Crippen LogP contribution in [-0.4, -0.2) is 29.3 Å². The summed E-state index contributed by atoms with van der Waals surface area (Å²) in [6.45, 7) is -0.240. The van der Waals surface area contributed by atoms with E-state index in [1.807, 2.05) is 12.2 Å². The van der Waals surface area contributed by atoms with Crippen molar-refractivity contribution in [2.45, 2.75) is 12.8 Å². The van der Waals surface area contributed by atoms with Gasteiger partial charge in [0.25, 0.3) is 5.91 Å². The molecule has 1 aliphatic heterocycles. The SMILES string of the molecule is O=C1[C@@H]2CC=CC[C@H]2C(=O)N1CN(C(=O)c1ccco1)c1ccc(F)cc1. The summed E-state index contributed by atoms with van der Waals surface area (Å²) in [5.41, 5.74) is 0.367. The smallest absolute Gasteiger partial charge is 0.295 e. The summed E-state index contributed by atoms with van der Waals surface area (Å²) in [5, 5.41) is 0. The number of fused-ring (bicyclic) bond motifs is 1. The average Bonchev–Trinajstić information content (AvgIpc) is 3.30. The van der Waals surface area contributed by atoms with Gasteiger partial charge in [0.1, 0.15) is 12.5 Å². The molecule has 1 aliphatic carbocycles. The Hall–Kier alpha value is -3.22. The van der Waals surface area contributed by atoms with E-state index in [-0.39, 0.29) is 36.1 Å². The van der Waals surface area contributed by atoms with E-state index in [1.54, 1.807) is 6.07 Å². The maximum absolute atomic E-state index is 13.3. The number of hydrogen-bond donors (Lipinski definition) is 0. The number of anilines is 1. The lowest BCUT2D eigenvalue weighted by molar-refractivity contribution is -0.139. The second-order valence-corrected chi connectivity index (χ2v) is 6.59. The van der Waals surface area contributed by atoms with Crippen LogP contribution in [0.2, 0.25) is 0 Å². The lowest BCUT2D eigenvalue weighted by Gasteiger charge is -2.26. The minimum Gasteiger partial charge on any atom is -0.459 e. The number of carbonyl (C=O) groups is 3. The van der Waals surface area contributed by atoms with Gasteiger partial charge in [-0.2, -0.15) is 0 Å². The van der Waals surface area contributed by atoms with E-state index < -0.39 is 11.7 Å². The minimum atomic E-state index is -0.514. The number of hydrogen-bond acceptors (Lipinski definition) is 4. The van der Waals surface area contributed by atoms with Crippen molar-refractivity contribution in [2.24, 2.45) is 11.8 Å². The maximum atomic E-state index is 13.3. The topological polar surface area (TPSA) is 70.8 Å². The molecule has 1 aromatic heterocycles. The fourth-order valence-electron chi connectivity index (χ4n) is 3.57. The molecule has 3 amide bonds. The summed E-state index contributed by atoms with van der Waals surface area (Å²) in [7, 11) is 0. The second kappa shape index (κ2) is 6.83. The van der Waals surface area contributed by atoms with Crippen molar-refractivity contribution >= 4 is 23.4 Å². The van der Waals surface area contributed by atoms with E-state index in [4.69, 9.17) is 4.42 Å². The number of amides is 3. The Kier molecular flexibility index (Phi) is 4.35. The van der Waals surface area contributed by atoms with Crippen molar-refractivity contribution < 1.29 is 23.2 Å². The van der Waals surface area contributed by atoms with Crippen molar-refractivity contribution in [3.63, 3.8) is 0 Å². The predicted octanol–water partition coefficient (Wildman–Crippen LogP) is 2.97. The molecule has 1 fully saturated rings. The quantitative estimate of drug-likeness (QED) is 0.614. The molecule has 2 atom stereocenters. The molecular formula is C20H17FN2O4. The molecule has 0 spiro atoms. The van der Waals surface area contributed by atoms with Crippen LogP contribution in [-0.2, 0) is 9.59 Å². The molecule has 0 saturated carbocycles. The number of rotatable bonds is 4. The average molecular weight is 368 g/mol. The van der Waals surface area contributed by atoms with Crippen molar-refractivity contribution in [1.29, 1.82) is 0 Å². The van der Waals surface area contributed by atoms with E-state index in [9.17, 15) is 18.8 Å². The first-order valence-corrected chi connectivity index (χ1v) is 8.67. The molecule has 0 unspecified atom stereocenters. The fraction of sp³-hybridized carbons (Fsp3) is 0.250. The van der Waals surface area contributed by atoms with E-state index in [1.165, 1.54) is 41.5 Å². The molecule has 2 aliphatic rings. The first-order valence-electron chi connectivity index (χ1n) is 8.67. The van der Waals surface area contributed by atoms with Gasteiger partial charge in [0.05, 0.1) is 18.1 Å². The standard InChI is InChI=1S/C20H17FN2O4/c21-13-7-9-14(10-8-13)22(20(26)17-6-3-11-27-17)12-23-18(24)15-4-1-2-5-16(15)19(23)25/h1-3,6-11,15-16H,4-5,12H2/t15-,16-/m1/s1. The fourth-order valence-corrected chi connectivity index (χ4v) is 3.57. The molecule has 1 saturated heterocycles. The molecule has 1 aromatic carbocycles. The van der Waals surface area contributed by atoms with Gasteiger partial charge in [-0.15, -0.1) is 0 Å². The Labute approximate surface area is 154 Å². The van der Waals surface area contributed by atoms with Crippen LogP contribution in [0, 0.1) is 17.7 Å². The highest BCUT2D eigenvalue weighted by Crippen LogP contribution is 2.35.